The van der Waals surface area contributed by atoms with E-state index in [0.717, 1.165) is 22.3 Å². The molecule has 0 spiro atoms. The van der Waals surface area contributed by atoms with Crippen molar-refractivity contribution in [2.24, 2.45) is 0 Å². The maximum absolute atomic E-state index is 4.23. The molecule has 0 fully saturated rings. The molecule has 0 aliphatic rings. The molecule has 0 saturated heterocycles. The summed E-state index contributed by atoms with van der Waals surface area (Å²) >= 11 is 0. The van der Waals surface area contributed by atoms with E-state index in [1.54, 1.807) is 6.08 Å². The standard InChI is InChI=1S/C23H26/c1-7-9-10-13-19(4)22(8-2)17-16-18(3)21(6)23-15-12-11-14-20(23)5/h7-17H,1-2,6H2,3-5H3/b10-9-,18-16+,19-13+,22-17+. The quantitative estimate of drug-likeness (QED) is 0.488. The summed E-state index contributed by atoms with van der Waals surface area (Å²) in [6.45, 7) is 18.1. The molecule has 0 aromatic heterocycles. The van der Waals surface area contributed by atoms with Gasteiger partial charge >= 0.3 is 0 Å². The van der Waals surface area contributed by atoms with E-state index < -0.39 is 0 Å². The molecule has 0 aliphatic heterocycles. The highest BCUT2D eigenvalue weighted by Crippen LogP contribution is 2.24. The Morgan fingerprint density at radius 1 is 0.913 bits per heavy atom. The Morgan fingerprint density at radius 2 is 1.61 bits per heavy atom. The summed E-state index contributed by atoms with van der Waals surface area (Å²) in [5.74, 6) is 0. The van der Waals surface area contributed by atoms with Crippen molar-refractivity contribution in [2.75, 3.05) is 0 Å². The number of benzene rings is 1. The molecule has 0 radical (unpaired) electrons. The van der Waals surface area contributed by atoms with E-state index in [1.165, 1.54) is 11.1 Å². The molecule has 0 atom stereocenters. The molecule has 0 aliphatic carbocycles. The third kappa shape index (κ3) is 5.60. The Hall–Kier alpha value is -2.60. The number of aryl methyl sites for hydroxylation is 1. The zero-order chi connectivity index (χ0) is 17.2. The van der Waals surface area contributed by atoms with Gasteiger partial charge in [-0.3, -0.25) is 0 Å². The van der Waals surface area contributed by atoms with E-state index in [1.807, 2.05) is 30.4 Å². The molecule has 0 heteroatoms. The molecule has 0 heterocycles. The van der Waals surface area contributed by atoms with E-state index in [4.69, 9.17) is 0 Å². The Labute approximate surface area is 141 Å². The molecular weight excluding hydrogens is 276 g/mol. The number of rotatable bonds is 7. The van der Waals surface area contributed by atoms with E-state index in [-0.39, 0.29) is 0 Å². The van der Waals surface area contributed by atoms with Crippen molar-refractivity contribution in [2.45, 2.75) is 20.8 Å². The highest BCUT2D eigenvalue weighted by molar-refractivity contribution is 5.78. The molecular formula is C23H26. The molecule has 0 bridgehead atoms. The van der Waals surface area contributed by atoms with Crippen LogP contribution in [0.5, 0.6) is 0 Å². The van der Waals surface area contributed by atoms with Gasteiger partial charge in [0.15, 0.2) is 0 Å². The summed E-state index contributed by atoms with van der Waals surface area (Å²) < 4.78 is 0. The Balaban J connectivity index is 3.04. The van der Waals surface area contributed by atoms with E-state index in [2.05, 4.69) is 70.9 Å². The van der Waals surface area contributed by atoms with Gasteiger partial charge in [-0.2, -0.15) is 0 Å². The van der Waals surface area contributed by atoms with Gasteiger partial charge in [0.1, 0.15) is 0 Å². The van der Waals surface area contributed by atoms with Crippen molar-refractivity contribution in [3.05, 3.63) is 114 Å². The first-order chi connectivity index (χ1) is 11.0. The molecule has 0 unspecified atom stereocenters. The lowest BCUT2D eigenvalue weighted by Crippen LogP contribution is -1.89. The lowest BCUT2D eigenvalue weighted by atomic mass is 9.96. The van der Waals surface area contributed by atoms with E-state index in [9.17, 15) is 0 Å². The van der Waals surface area contributed by atoms with Gasteiger partial charge in [0.2, 0.25) is 0 Å². The van der Waals surface area contributed by atoms with Gasteiger partial charge in [0, 0.05) is 0 Å². The molecule has 23 heavy (non-hydrogen) atoms. The van der Waals surface area contributed by atoms with Crippen LogP contribution in [0.2, 0.25) is 0 Å². The zero-order valence-corrected chi connectivity index (χ0v) is 14.5. The molecule has 0 saturated carbocycles. The summed E-state index contributed by atoms with van der Waals surface area (Å²) in [7, 11) is 0. The number of allylic oxidation sites excluding steroid dienone is 11. The minimum atomic E-state index is 1.05. The highest BCUT2D eigenvalue weighted by Gasteiger charge is 2.03. The van der Waals surface area contributed by atoms with Crippen molar-refractivity contribution in [3.8, 4) is 0 Å². The van der Waals surface area contributed by atoms with Crippen molar-refractivity contribution in [3.63, 3.8) is 0 Å². The van der Waals surface area contributed by atoms with Gasteiger partial charge in [0.25, 0.3) is 0 Å². The predicted octanol–water partition coefficient (Wildman–Crippen LogP) is 6.76. The lowest BCUT2D eigenvalue weighted by Gasteiger charge is -2.09. The third-order valence-corrected chi connectivity index (χ3v) is 3.73. The first-order valence-electron chi connectivity index (χ1n) is 7.74. The van der Waals surface area contributed by atoms with Crippen molar-refractivity contribution in [1.82, 2.24) is 0 Å². The van der Waals surface area contributed by atoms with Gasteiger partial charge in [0.05, 0.1) is 0 Å². The van der Waals surface area contributed by atoms with Crippen molar-refractivity contribution >= 4 is 5.57 Å². The number of hydrogen-bond acceptors (Lipinski definition) is 0. The van der Waals surface area contributed by atoms with Crippen LogP contribution in [0.3, 0.4) is 0 Å². The summed E-state index contributed by atoms with van der Waals surface area (Å²) in [6.07, 6.45) is 13.7. The Bertz CT molecular complexity index is 703. The minimum absolute atomic E-state index is 1.05. The fourth-order valence-corrected chi connectivity index (χ4v) is 2.17. The summed E-state index contributed by atoms with van der Waals surface area (Å²) in [5, 5.41) is 0. The second-order valence-corrected chi connectivity index (χ2v) is 5.44. The SMILES string of the molecule is C=C\C=C/C=C(C)/C(C=C)=C/C=C(\C)C(=C)c1ccccc1C. The second kappa shape index (κ2) is 9.42. The van der Waals surface area contributed by atoms with Crippen LogP contribution in [0.4, 0.5) is 0 Å². The smallest absolute Gasteiger partial charge is 0.0158 e. The number of hydrogen-bond donors (Lipinski definition) is 0. The zero-order valence-electron chi connectivity index (χ0n) is 14.5. The molecule has 0 amide bonds. The first kappa shape index (κ1) is 18.4. The van der Waals surface area contributed by atoms with Crippen molar-refractivity contribution in [1.29, 1.82) is 0 Å². The minimum Gasteiger partial charge on any atom is -0.0991 e. The maximum Gasteiger partial charge on any atom is -0.0158 e. The van der Waals surface area contributed by atoms with Gasteiger partial charge < -0.3 is 0 Å². The first-order valence-corrected chi connectivity index (χ1v) is 7.74. The van der Waals surface area contributed by atoms with Gasteiger partial charge in [-0.05, 0) is 54.2 Å². The van der Waals surface area contributed by atoms with Crippen LogP contribution in [-0.4, -0.2) is 0 Å². The average molecular weight is 302 g/mol. The van der Waals surface area contributed by atoms with Gasteiger partial charge in [-0.25, -0.2) is 0 Å². The fourth-order valence-electron chi connectivity index (χ4n) is 2.17. The average Bonchev–Trinajstić information content (AvgIpc) is 2.55. The lowest BCUT2D eigenvalue weighted by molar-refractivity contribution is 1.39. The monoisotopic (exact) mass is 302 g/mol. The highest BCUT2D eigenvalue weighted by atomic mass is 14.1. The van der Waals surface area contributed by atoms with Crippen LogP contribution in [0, 0.1) is 6.92 Å². The third-order valence-electron chi connectivity index (χ3n) is 3.73. The van der Waals surface area contributed by atoms with Crippen LogP contribution in [0.1, 0.15) is 25.0 Å². The molecule has 118 valence electrons. The molecule has 0 nitrogen and oxygen atoms in total. The fraction of sp³-hybridized carbons (Fsp3) is 0.130. The predicted molar refractivity (Wildman–Crippen MR) is 105 cm³/mol. The summed E-state index contributed by atoms with van der Waals surface area (Å²) in [5.41, 5.74) is 6.88. The van der Waals surface area contributed by atoms with Crippen molar-refractivity contribution < 1.29 is 0 Å². The van der Waals surface area contributed by atoms with Crippen LogP contribution in [0.15, 0.2) is 103 Å². The summed E-state index contributed by atoms with van der Waals surface area (Å²) in [6, 6.07) is 8.31. The molecule has 0 N–H and O–H groups in total. The van der Waals surface area contributed by atoms with Crippen LogP contribution < -0.4 is 0 Å². The van der Waals surface area contributed by atoms with Crippen LogP contribution in [0.25, 0.3) is 5.57 Å². The summed E-state index contributed by atoms with van der Waals surface area (Å²) in [4.78, 5) is 0. The van der Waals surface area contributed by atoms with E-state index in [0.29, 0.717) is 0 Å². The van der Waals surface area contributed by atoms with E-state index >= 15 is 0 Å². The topological polar surface area (TPSA) is 0 Å². The largest absolute Gasteiger partial charge is 0.0991 e. The van der Waals surface area contributed by atoms with Crippen LogP contribution in [-0.2, 0) is 0 Å². The molecule has 1 aromatic carbocycles. The van der Waals surface area contributed by atoms with Crippen LogP contribution >= 0.6 is 0 Å². The Kier molecular flexibility index (Phi) is 7.56. The van der Waals surface area contributed by atoms with Gasteiger partial charge in [-0.15, -0.1) is 0 Å². The Morgan fingerprint density at radius 3 is 2.22 bits per heavy atom. The normalized spacial score (nSPS) is 13.3. The molecule has 1 aromatic rings. The second-order valence-electron chi connectivity index (χ2n) is 5.44. The molecule has 1 rings (SSSR count). The maximum atomic E-state index is 4.23. The van der Waals surface area contributed by atoms with Gasteiger partial charge in [-0.1, -0.05) is 86.5 Å².